The van der Waals surface area contributed by atoms with Crippen LogP contribution in [0.2, 0.25) is 0 Å². The number of carbonyl (C=O) groups is 2. The molecule has 9 heteroatoms. The monoisotopic (exact) mass is 384 g/mol. The number of carbonyl (C=O) groups excluding carboxylic acids is 1. The van der Waals surface area contributed by atoms with Gasteiger partial charge in [0.2, 0.25) is 10.0 Å². The van der Waals surface area contributed by atoms with E-state index in [0.29, 0.717) is 25.4 Å². The van der Waals surface area contributed by atoms with E-state index in [0.717, 1.165) is 12.8 Å². The lowest BCUT2D eigenvalue weighted by Crippen LogP contribution is -2.39. The second-order valence-electron chi connectivity index (χ2n) is 6.08. The number of sulfonamides is 1. The molecule has 0 saturated carbocycles. The fourth-order valence-electron chi connectivity index (χ4n) is 2.90. The van der Waals surface area contributed by atoms with Crippen molar-refractivity contribution in [2.45, 2.75) is 26.7 Å². The molecule has 0 unspecified atom stereocenters. The number of nitrogens with zero attached hydrogens (tertiary/aromatic N) is 1. The predicted octanol–water partition coefficient (Wildman–Crippen LogP) is 1.93. The van der Waals surface area contributed by atoms with Gasteiger partial charge in [-0.2, -0.15) is 0 Å². The van der Waals surface area contributed by atoms with E-state index in [1.165, 1.54) is 19.1 Å². The van der Waals surface area contributed by atoms with Crippen LogP contribution in [0.25, 0.3) is 0 Å². The Hall–Kier alpha value is -2.29. The molecule has 0 amide bonds. The number of aromatic carboxylic acids is 1. The minimum atomic E-state index is -3.58. The van der Waals surface area contributed by atoms with Gasteiger partial charge in [-0.05, 0) is 44.9 Å². The second-order valence-corrected chi connectivity index (χ2v) is 8.09. The maximum absolute atomic E-state index is 12.0. The fourth-order valence-corrected chi connectivity index (χ4v) is 3.56. The molecule has 1 heterocycles. The molecule has 0 aliphatic carbocycles. The highest BCUT2D eigenvalue weighted by Crippen LogP contribution is 2.28. The average Bonchev–Trinajstić information content (AvgIpc) is 2.62. The van der Waals surface area contributed by atoms with Crippen molar-refractivity contribution in [3.63, 3.8) is 0 Å². The van der Waals surface area contributed by atoms with Gasteiger partial charge in [0.05, 0.1) is 29.5 Å². The quantitative estimate of drug-likeness (QED) is 0.691. The lowest BCUT2D eigenvalue weighted by molar-refractivity contribution is -0.148. The zero-order valence-corrected chi connectivity index (χ0v) is 15.7. The van der Waals surface area contributed by atoms with Gasteiger partial charge in [0.1, 0.15) is 0 Å². The highest BCUT2D eigenvalue weighted by Gasteiger charge is 2.27. The molecule has 1 atom stereocenters. The highest BCUT2D eigenvalue weighted by atomic mass is 32.2. The van der Waals surface area contributed by atoms with E-state index in [1.54, 1.807) is 13.0 Å². The first-order valence-electron chi connectivity index (χ1n) is 8.56. The lowest BCUT2D eigenvalue weighted by atomic mass is 9.97. The van der Waals surface area contributed by atoms with Gasteiger partial charge in [-0.3, -0.25) is 9.52 Å². The molecule has 1 fully saturated rings. The molecule has 0 aromatic heterocycles. The Bertz CT molecular complexity index is 777. The molecular weight excluding hydrogens is 360 g/mol. The Morgan fingerprint density at radius 3 is 2.69 bits per heavy atom. The SMILES string of the molecule is CCOC(=O)[C@H]1CCCN(c2ccc(NS(=O)(=O)CC)c(C(=O)O)c2)C1. The molecule has 1 aromatic rings. The third-order valence-electron chi connectivity index (χ3n) is 4.29. The van der Waals surface area contributed by atoms with E-state index < -0.39 is 16.0 Å². The molecule has 2 rings (SSSR count). The molecule has 144 valence electrons. The van der Waals surface area contributed by atoms with Gasteiger partial charge in [-0.1, -0.05) is 0 Å². The van der Waals surface area contributed by atoms with Crippen molar-refractivity contribution in [2.75, 3.05) is 35.1 Å². The van der Waals surface area contributed by atoms with Crippen LogP contribution >= 0.6 is 0 Å². The number of nitrogens with one attached hydrogen (secondary N) is 1. The number of hydrogen-bond acceptors (Lipinski definition) is 6. The third kappa shape index (κ3) is 4.87. The summed E-state index contributed by atoms with van der Waals surface area (Å²) in [6.07, 6.45) is 1.52. The average molecular weight is 384 g/mol. The summed E-state index contributed by atoms with van der Waals surface area (Å²) in [6.45, 7) is 4.69. The standard InChI is InChI=1S/C17H24N2O6S/c1-3-25-17(22)12-6-5-9-19(11-12)13-7-8-15(14(10-13)16(20)21)18-26(23,24)4-2/h7-8,10,12,18H,3-6,9,11H2,1-2H3,(H,20,21)/t12-/m0/s1. The van der Waals surface area contributed by atoms with Crippen molar-refractivity contribution in [1.29, 1.82) is 0 Å². The Balaban J connectivity index is 2.26. The first-order valence-corrected chi connectivity index (χ1v) is 10.2. The van der Waals surface area contributed by atoms with Gasteiger partial charge in [0.25, 0.3) is 0 Å². The van der Waals surface area contributed by atoms with E-state index in [9.17, 15) is 23.1 Å². The number of carboxylic acids is 1. The van der Waals surface area contributed by atoms with E-state index in [-0.39, 0.29) is 28.9 Å². The molecule has 26 heavy (non-hydrogen) atoms. The molecular formula is C17H24N2O6S. The number of rotatable bonds is 7. The summed E-state index contributed by atoms with van der Waals surface area (Å²) >= 11 is 0. The molecule has 0 bridgehead atoms. The van der Waals surface area contributed by atoms with E-state index in [4.69, 9.17) is 4.74 Å². The molecule has 0 spiro atoms. The van der Waals surface area contributed by atoms with E-state index in [1.807, 2.05) is 4.90 Å². The largest absolute Gasteiger partial charge is 0.478 e. The van der Waals surface area contributed by atoms with Crippen LogP contribution in [-0.2, 0) is 19.6 Å². The van der Waals surface area contributed by atoms with Crippen LogP contribution in [0, 0.1) is 5.92 Å². The van der Waals surface area contributed by atoms with Crippen LogP contribution < -0.4 is 9.62 Å². The summed E-state index contributed by atoms with van der Waals surface area (Å²) in [5, 5.41) is 9.44. The summed E-state index contributed by atoms with van der Waals surface area (Å²) in [5.41, 5.74) is 0.538. The van der Waals surface area contributed by atoms with Gasteiger partial charge in [-0.15, -0.1) is 0 Å². The Morgan fingerprint density at radius 1 is 1.35 bits per heavy atom. The van der Waals surface area contributed by atoms with Crippen molar-refractivity contribution >= 4 is 33.3 Å². The molecule has 2 N–H and O–H groups in total. The van der Waals surface area contributed by atoms with Crippen molar-refractivity contribution in [2.24, 2.45) is 5.92 Å². The lowest BCUT2D eigenvalue weighted by Gasteiger charge is -2.33. The van der Waals surface area contributed by atoms with Crippen LogP contribution in [0.4, 0.5) is 11.4 Å². The smallest absolute Gasteiger partial charge is 0.337 e. The molecule has 1 aliphatic rings. The van der Waals surface area contributed by atoms with Crippen LogP contribution in [-0.4, -0.2) is 50.9 Å². The Morgan fingerprint density at radius 2 is 2.08 bits per heavy atom. The topological polar surface area (TPSA) is 113 Å². The highest BCUT2D eigenvalue weighted by molar-refractivity contribution is 7.92. The van der Waals surface area contributed by atoms with Gasteiger partial charge >= 0.3 is 11.9 Å². The number of benzene rings is 1. The van der Waals surface area contributed by atoms with Crippen LogP contribution in [0.5, 0.6) is 0 Å². The zero-order valence-electron chi connectivity index (χ0n) is 14.9. The number of esters is 1. The summed E-state index contributed by atoms with van der Waals surface area (Å²) < 4.78 is 30.9. The predicted molar refractivity (Wildman–Crippen MR) is 98.1 cm³/mol. The molecule has 1 saturated heterocycles. The summed E-state index contributed by atoms with van der Waals surface area (Å²) in [4.78, 5) is 25.5. The summed E-state index contributed by atoms with van der Waals surface area (Å²) in [6, 6.07) is 4.54. The van der Waals surface area contributed by atoms with Gasteiger partial charge in [0.15, 0.2) is 0 Å². The first-order chi connectivity index (χ1) is 12.3. The second kappa shape index (κ2) is 8.39. The van der Waals surface area contributed by atoms with Crippen LogP contribution in [0.15, 0.2) is 18.2 Å². The van der Waals surface area contributed by atoms with Crippen molar-refractivity contribution < 1.29 is 27.9 Å². The maximum Gasteiger partial charge on any atom is 0.337 e. The van der Waals surface area contributed by atoms with Gasteiger partial charge < -0.3 is 14.7 Å². The zero-order chi connectivity index (χ0) is 19.3. The van der Waals surface area contributed by atoms with Crippen molar-refractivity contribution in [3.8, 4) is 0 Å². The van der Waals surface area contributed by atoms with Gasteiger partial charge in [-0.25, -0.2) is 13.2 Å². The van der Waals surface area contributed by atoms with Crippen molar-refractivity contribution in [3.05, 3.63) is 23.8 Å². The molecule has 0 radical (unpaired) electrons. The Kier molecular flexibility index (Phi) is 6.47. The number of carboxylic acid groups (broad SMARTS) is 1. The molecule has 1 aliphatic heterocycles. The number of anilines is 2. The normalized spacial score (nSPS) is 17.6. The fraction of sp³-hybridized carbons (Fsp3) is 0.529. The maximum atomic E-state index is 12.0. The summed E-state index contributed by atoms with van der Waals surface area (Å²) in [5.74, 6) is -1.88. The van der Waals surface area contributed by atoms with Crippen LogP contribution in [0.3, 0.4) is 0 Å². The van der Waals surface area contributed by atoms with E-state index in [2.05, 4.69) is 4.72 Å². The summed E-state index contributed by atoms with van der Waals surface area (Å²) in [7, 11) is -3.58. The third-order valence-corrected chi connectivity index (χ3v) is 5.58. The number of hydrogen-bond donors (Lipinski definition) is 2. The molecule has 8 nitrogen and oxygen atoms in total. The minimum absolute atomic E-state index is 0.0297. The Labute approximate surface area is 153 Å². The number of ether oxygens (including phenoxy) is 1. The van der Waals surface area contributed by atoms with Gasteiger partial charge in [0, 0.05) is 18.8 Å². The van der Waals surface area contributed by atoms with E-state index >= 15 is 0 Å². The van der Waals surface area contributed by atoms with Crippen molar-refractivity contribution in [1.82, 2.24) is 0 Å². The number of piperidine rings is 1. The molecule has 1 aromatic carbocycles. The first kappa shape index (κ1) is 20.0. The van der Waals surface area contributed by atoms with Crippen LogP contribution in [0.1, 0.15) is 37.0 Å². The minimum Gasteiger partial charge on any atom is -0.478 e.